The summed E-state index contributed by atoms with van der Waals surface area (Å²) >= 11 is 0. The Morgan fingerprint density at radius 2 is 1.93 bits per heavy atom. The Morgan fingerprint density at radius 3 is 2.67 bits per heavy atom. The molecular weight excluding hydrogens is 200 g/mol. The monoisotopic (exact) mass is 216 g/mol. The highest BCUT2D eigenvalue weighted by Crippen LogP contribution is 2.41. The molecule has 3 rings (SSSR count). The molecular formula is C10H16O5. The second kappa shape index (κ2) is 3.15. The summed E-state index contributed by atoms with van der Waals surface area (Å²) in [7, 11) is 1.67. The topological polar surface area (TPSA) is 46.2 Å². The Balaban J connectivity index is 1.88. The van der Waals surface area contributed by atoms with Crippen LogP contribution in [0.15, 0.2) is 0 Å². The van der Waals surface area contributed by atoms with Crippen molar-refractivity contribution in [1.29, 1.82) is 0 Å². The minimum atomic E-state index is -0.580. The first-order chi connectivity index (χ1) is 7.11. The third-order valence-corrected chi connectivity index (χ3v) is 3.13. The van der Waals surface area contributed by atoms with Gasteiger partial charge in [0.1, 0.15) is 24.4 Å². The molecule has 0 aromatic carbocycles. The van der Waals surface area contributed by atoms with Gasteiger partial charge in [0.05, 0.1) is 6.61 Å². The van der Waals surface area contributed by atoms with Crippen molar-refractivity contribution in [3.8, 4) is 0 Å². The van der Waals surface area contributed by atoms with Gasteiger partial charge in [-0.1, -0.05) is 0 Å². The van der Waals surface area contributed by atoms with Gasteiger partial charge in [0, 0.05) is 7.11 Å². The van der Waals surface area contributed by atoms with E-state index in [0.717, 1.165) is 0 Å². The first-order valence-electron chi connectivity index (χ1n) is 5.26. The fraction of sp³-hybridized carbons (Fsp3) is 1.00. The molecule has 0 saturated carbocycles. The molecule has 3 aliphatic rings. The molecule has 3 heterocycles. The van der Waals surface area contributed by atoms with E-state index in [1.807, 2.05) is 13.8 Å². The number of rotatable bonds is 1. The van der Waals surface area contributed by atoms with Gasteiger partial charge in [-0.25, -0.2) is 0 Å². The Hall–Kier alpha value is -0.200. The molecule has 0 radical (unpaired) electrons. The zero-order valence-electron chi connectivity index (χ0n) is 9.14. The fourth-order valence-corrected chi connectivity index (χ4v) is 2.56. The van der Waals surface area contributed by atoms with Crippen LogP contribution in [-0.2, 0) is 23.7 Å². The Kier molecular flexibility index (Phi) is 2.10. The van der Waals surface area contributed by atoms with E-state index in [1.165, 1.54) is 0 Å². The van der Waals surface area contributed by atoms with Gasteiger partial charge in [-0.2, -0.15) is 0 Å². The van der Waals surface area contributed by atoms with Crippen molar-refractivity contribution >= 4 is 0 Å². The van der Waals surface area contributed by atoms with Crippen LogP contribution in [-0.4, -0.2) is 50.2 Å². The molecule has 5 atom stereocenters. The Morgan fingerprint density at radius 1 is 1.20 bits per heavy atom. The van der Waals surface area contributed by atoms with E-state index >= 15 is 0 Å². The SMILES string of the molecule is CO[C@H]1[C@@H]2OC(C)(C)O[C@@H]2[C@@H]2OC[C@H]1O2. The summed E-state index contributed by atoms with van der Waals surface area (Å²) in [4.78, 5) is 0. The highest BCUT2D eigenvalue weighted by Gasteiger charge is 2.58. The average Bonchev–Trinajstić information content (AvgIpc) is 2.70. The third-order valence-electron chi connectivity index (χ3n) is 3.13. The Labute approximate surface area is 88.6 Å². The summed E-state index contributed by atoms with van der Waals surface area (Å²) in [5.74, 6) is -0.580. The minimum Gasteiger partial charge on any atom is -0.376 e. The van der Waals surface area contributed by atoms with Gasteiger partial charge in [0.15, 0.2) is 12.1 Å². The van der Waals surface area contributed by atoms with Crippen LogP contribution in [0.3, 0.4) is 0 Å². The highest BCUT2D eigenvalue weighted by atomic mass is 16.8. The number of methoxy groups -OCH3 is 1. The van der Waals surface area contributed by atoms with Crippen molar-refractivity contribution in [1.82, 2.24) is 0 Å². The van der Waals surface area contributed by atoms with Crippen molar-refractivity contribution in [3.05, 3.63) is 0 Å². The van der Waals surface area contributed by atoms with E-state index in [9.17, 15) is 0 Å². The molecule has 3 aliphatic heterocycles. The molecule has 5 heteroatoms. The molecule has 86 valence electrons. The van der Waals surface area contributed by atoms with Gasteiger partial charge in [0.2, 0.25) is 0 Å². The van der Waals surface area contributed by atoms with E-state index in [1.54, 1.807) is 7.11 Å². The predicted molar refractivity (Wildman–Crippen MR) is 49.2 cm³/mol. The maximum atomic E-state index is 5.83. The van der Waals surface area contributed by atoms with E-state index in [4.69, 9.17) is 23.7 Å². The Bertz CT molecular complexity index is 267. The van der Waals surface area contributed by atoms with Crippen molar-refractivity contribution in [2.75, 3.05) is 13.7 Å². The van der Waals surface area contributed by atoms with Crippen molar-refractivity contribution in [3.63, 3.8) is 0 Å². The van der Waals surface area contributed by atoms with E-state index in [2.05, 4.69) is 0 Å². The van der Waals surface area contributed by atoms with Gasteiger partial charge in [-0.3, -0.25) is 0 Å². The van der Waals surface area contributed by atoms with Gasteiger partial charge in [-0.05, 0) is 13.8 Å². The standard InChI is InChI=1S/C10H16O5/c1-10(2)14-7-6(11-3)5-4-12-9(13-5)8(7)15-10/h5-9H,4H2,1-3H3/t5-,6-,7+,8+,9-/m1/s1. The van der Waals surface area contributed by atoms with Crippen LogP contribution in [0.4, 0.5) is 0 Å². The smallest absolute Gasteiger partial charge is 0.187 e. The maximum Gasteiger partial charge on any atom is 0.187 e. The van der Waals surface area contributed by atoms with Gasteiger partial charge >= 0.3 is 0 Å². The van der Waals surface area contributed by atoms with E-state index in [-0.39, 0.29) is 30.7 Å². The molecule has 0 aromatic heterocycles. The first kappa shape index (κ1) is 9.99. The minimum absolute atomic E-state index is 0.0289. The first-order valence-corrected chi connectivity index (χ1v) is 5.26. The summed E-state index contributed by atoms with van der Waals surface area (Å²) in [5, 5.41) is 0. The second-order valence-corrected chi connectivity index (χ2v) is 4.64. The molecule has 2 bridgehead atoms. The molecule has 0 aromatic rings. The number of ether oxygens (including phenoxy) is 5. The van der Waals surface area contributed by atoms with Gasteiger partial charge in [-0.15, -0.1) is 0 Å². The molecule has 0 N–H and O–H groups in total. The van der Waals surface area contributed by atoms with E-state index < -0.39 is 5.79 Å². The zero-order chi connectivity index (χ0) is 10.6. The van der Waals surface area contributed by atoms with Crippen molar-refractivity contribution < 1.29 is 23.7 Å². The number of hydrogen-bond donors (Lipinski definition) is 0. The molecule has 0 aliphatic carbocycles. The number of hydrogen-bond acceptors (Lipinski definition) is 5. The largest absolute Gasteiger partial charge is 0.376 e. The van der Waals surface area contributed by atoms with E-state index in [0.29, 0.717) is 6.61 Å². The molecule has 0 spiro atoms. The third kappa shape index (κ3) is 1.42. The van der Waals surface area contributed by atoms with Crippen LogP contribution in [0.5, 0.6) is 0 Å². The highest BCUT2D eigenvalue weighted by molar-refractivity contribution is 4.99. The van der Waals surface area contributed by atoms with Crippen LogP contribution in [0, 0.1) is 0 Å². The van der Waals surface area contributed by atoms with Crippen molar-refractivity contribution in [2.45, 2.75) is 50.3 Å². The zero-order valence-corrected chi connectivity index (χ0v) is 9.14. The lowest BCUT2D eigenvalue weighted by Gasteiger charge is -2.33. The van der Waals surface area contributed by atoms with Crippen LogP contribution in [0.1, 0.15) is 13.8 Å². The molecule has 0 amide bonds. The second-order valence-electron chi connectivity index (χ2n) is 4.64. The summed E-state index contributed by atoms with van der Waals surface area (Å²) in [6.45, 7) is 4.35. The normalized spacial score (nSPS) is 51.8. The van der Waals surface area contributed by atoms with Gasteiger partial charge in [0.25, 0.3) is 0 Å². The molecule has 15 heavy (non-hydrogen) atoms. The molecule has 5 nitrogen and oxygen atoms in total. The van der Waals surface area contributed by atoms with Crippen LogP contribution < -0.4 is 0 Å². The summed E-state index contributed by atoms with van der Waals surface area (Å²) in [6, 6.07) is 0. The summed E-state index contributed by atoms with van der Waals surface area (Å²) in [6.07, 6.45) is -0.692. The molecule has 3 saturated heterocycles. The molecule has 3 fully saturated rings. The summed E-state index contributed by atoms with van der Waals surface area (Å²) < 4.78 is 28.2. The average molecular weight is 216 g/mol. The maximum absolute atomic E-state index is 5.83. The van der Waals surface area contributed by atoms with Crippen LogP contribution >= 0.6 is 0 Å². The predicted octanol–water partition coefficient (Wildman–Crippen LogP) is 0.277. The van der Waals surface area contributed by atoms with Crippen LogP contribution in [0.25, 0.3) is 0 Å². The summed E-state index contributed by atoms with van der Waals surface area (Å²) in [5.41, 5.74) is 0. The lowest BCUT2D eigenvalue weighted by molar-refractivity contribution is -0.202. The fourth-order valence-electron chi connectivity index (χ4n) is 2.56. The number of fused-ring (bicyclic) bond motifs is 4. The van der Waals surface area contributed by atoms with Crippen LogP contribution in [0.2, 0.25) is 0 Å². The lowest BCUT2D eigenvalue weighted by atomic mass is 10.0. The quantitative estimate of drug-likeness (QED) is 0.630. The molecule has 0 unspecified atom stereocenters. The van der Waals surface area contributed by atoms with Gasteiger partial charge < -0.3 is 23.7 Å². The lowest BCUT2D eigenvalue weighted by Crippen LogP contribution is -2.53. The van der Waals surface area contributed by atoms with Crippen molar-refractivity contribution in [2.24, 2.45) is 0 Å².